The van der Waals surface area contributed by atoms with E-state index in [0.717, 1.165) is 11.5 Å². The van der Waals surface area contributed by atoms with Gasteiger partial charge >= 0.3 is 5.97 Å². The molecule has 1 saturated heterocycles. The van der Waals surface area contributed by atoms with E-state index >= 15 is 0 Å². The highest BCUT2D eigenvalue weighted by atomic mass is 32.2. The Labute approximate surface area is 173 Å². The molecule has 0 atom stereocenters. The lowest BCUT2D eigenvalue weighted by Crippen LogP contribution is -2.15. The molecule has 2 aromatic rings. The lowest BCUT2D eigenvalue weighted by molar-refractivity contribution is 0.0474. The molecule has 0 saturated carbocycles. The third-order valence-electron chi connectivity index (χ3n) is 4.29. The standard InChI is InChI=1S/C21H22O5S2/c1-24-16-8-9-19(25-2)17(12-16)18(22)13-26-20(23)14-4-6-15(7-5-14)21-27-10-3-11-28-21/h4-9,12,21H,3,10-11,13H2,1-2H3. The van der Waals surface area contributed by atoms with Crippen LogP contribution in [0.25, 0.3) is 0 Å². The van der Waals surface area contributed by atoms with E-state index < -0.39 is 5.97 Å². The lowest BCUT2D eigenvalue weighted by Gasteiger charge is -2.21. The first kappa shape index (κ1) is 20.6. The monoisotopic (exact) mass is 418 g/mol. The minimum absolute atomic E-state index is 0.316. The minimum Gasteiger partial charge on any atom is -0.497 e. The average molecular weight is 419 g/mol. The van der Waals surface area contributed by atoms with Gasteiger partial charge in [0.2, 0.25) is 5.78 Å². The number of carbonyl (C=O) groups is 2. The number of hydrogen-bond acceptors (Lipinski definition) is 7. The maximum Gasteiger partial charge on any atom is 0.338 e. The Bertz CT molecular complexity index is 829. The van der Waals surface area contributed by atoms with Crippen molar-refractivity contribution >= 4 is 35.3 Å². The van der Waals surface area contributed by atoms with E-state index in [1.165, 1.54) is 26.2 Å². The molecule has 0 aliphatic carbocycles. The van der Waals surface area contributed by atoms with Crippen LogP contribution in [0, 0.1) is 0 Å². The Morgan fingerprint density at radius 2 is 1.71 bits per heavy atom. The van der Waals surface area contributed by atoms with Crippen LogP contribution >= 0.6 is 23.5 Å². The Morgan fingerprint density at radius 1 is 1.00 bits per heavy atom. The highest BCUT2D eigenvalue weighted by Crippen LogP contribution is 2.43. The maximum atomic E-state index is 12.5. The number of rotatable bonds is 7. The van der Waals surface area contributed by atoms with Crippen LogP contribution in [0.5, 0.6) is 11.5 Å². The van der Waals surface area contributed by atoms with Crippen LogP contribution in [0.15, 0.2) is 42.5 Å². The van der Waals surface area contributed by atoms with Gasteiger partial charge in [-0.05, 0) is 53.8 Å². The molecule has 5 nitrogen and oxygen atoms in total. The van der Waals surface area contributed by atoms with Crippen LogP contribution in [-0.4, -0.2) is 44.1 Å². The number of Topliss-reactive ketones (excluding diaryl/α,β-unsaturated/α-hetero) is 1. The molecule has 0 aromatic heterocycles. The van der Waals surface area contributed by atoms with Crippen molar-refractivity contribution in [2.24, 2.45) is 0 Å². The van der Waals surface area contributed by atoms with Gasteiger partial charge in [0.1, 0.15) is 11.5 Å². The van der Waals surface area contributed by atoms with Gasteiger partial charge in [-0.1, -0.05) is 12.1 Å². The zero-order chi connectivity index (χ0) is 19.9. The van der Waals surface area contributed by atoms with E-state index in [2.05, 4.69) is 0 Å². The summed E-state index contributed by atoms with van der Waals surface area (Å²) in [5, 5.41) is 0. The van der Waals surface area contributed by atoms with Crippen molar-refractivity contribution in [1.29, 1.82) is 0 Å². The van der Waals surface area contributed by atoms with Crippen LogP contribution in [0.1, 0.15) is 37.3 Å². The van der Waals surface area contributed by atoms with E-state index in [1.807, 2.05) is 35.7 Å². The molecular weight excluding hydrogens is 396 g/mol. The molecule has 1 aliphatic heterocycles. The summed E-state index contributed by atoms with van der Waals surface area (Å²) in [7, 11) is 3.00. The fraction of sp³-hybridized carbons (Fsp3) is 0.333. The summed E-state index contributed by atoms with van der Waals surface area (Å²) in [5.74, 6) is 2.40. The third-order valence-corrected chi connectivity index (χ3v) is 7.30. The molecule has 2 aromatic carbocycles. The van der Waals surface area contributed by atoms with Gasteiger partial charge in [-0.2, -0.15) is 0 Å². The first-order chi connectivity index (χ1) is 13.6. The van der Waals surface area contributed by atoms with E-state index in [0.29, 0.717) is 27.2 Å². The topological polar surface area (TPSA) is 61.8 Å². The smallest absolute Gasteiger partial charge is 0.338 e. The fourth-order valence-corrected chi connectivity index (χ4v) is 5.68. The van der Waals surface area contributed by atoms with E-state index in [4.69, 9.17) is 14.2 Å². The quantitative estimate of drug-likeness (QED) is 0.480. The van der Waals surface area contributed by atoms with E-state index in [1.54, 1.807) is 30.3 Å². The zero-order valence-electron chi connectivity index (χ0n) is 15.8. The van der Waals surface area contributed by atoms with Crippen LogP contribution in [-0.2, 0) is 4.74 Å². The molecule has 3 rings (SSSR count). The molecular formula is C21H22O5S2. The number of esters is 1. The molecule has 1 fully saturated rings. The van der Waals surface area contributed by atoms with Crippen molar-refractivity contribution in [3.8, 4) is 11.5 Å². The molecule has 0 spiro atoms. The number of methoxy groups -OCH3 is 2. The first-order valence-corrected chi connectivity index (χ1v) is 11.0. The summed E-state index contributed by atoms with van der Waals surface area (Å²) in [6.07, 6.45) is 1.24. The molecule has 0 amide bonds. The Morgan fingerprint density at radius 3 is 2.36 bits per heavy atom. The first-order valence-electron chi connectivity index (χ1n) is 8.88. The molecule has 1 heterocycles. The molecule has 148 valence electrons. The predicted octanol–water partition coefficient (Wildman–Crippen LogP) is 4.61. The molecule has 28 heavy (non-hydrogen) atoms. The summed E-state index contributed by atoms with van der Waals surface area (Å²) in [5.41, 5.74) is 1.94. The van der Waals surface area contributed by atoms with Crippen molar-refractivity contribution in [3.63, 3.8) is 0 Å². The van der Waals surface area contributed by atoms with Crippen LogP contribution in [0.3, 0.4) is 0 Å². The van der Waals surface area contributed by atoms with Crippen molar-refractivity contribution in [2.45, 2.75) is 11.0 Å². The van der Waals surface area contributed by atoms with E-state index in [-0.39, 0.29) is 12.4 Å². The SMILES string of the molecule is COc1ccc(OC)c(C(=O)COC(=O)c2ccc(C3SCCCS3)cc2)c1. The number of ketones is 1. The third kappa shape index (κ3) is 5.02. The molecule has 0 unspecified atom stereocenters. The predicted molar refractivity (Wildman–Crippen MR) is 113 cm³/mol. The number of ether oxygens (including phenoxy) is 3. The highest BCUT2D eigenvalue weighted by molar-refractivity contribution is 8.16. The van der Waals surface area contributed by atoms with Gasteiger partial charge in [0.25, 0.3) is 0 Å². The average Bonchev–Trinajstić information content (AvgIpc) is 2.77. The minimum atomic E-state index is -0.522. The Kier molecular flexibility index (Phi) is 7.28. The van der Waals surface area contributed by atoms with Crippen molar-refractivity contribution in [3.05, 3.63) is 59.2 Å². The second-order valence-corrected chi connectivity index (χ2v) is 8.84. The van der Waals surface area contributed by atoms with Crippen molar-refractivity contribution < 1.29 is 23.8 Å². The van der Waals surface area contributed by atoms with Crippen molar-refractivity contribution in [2.75, 3.05) is 32.3 Å². The normalized spacial score (nSPS) is 14.4. The van der Waals surface area contributed by atoms with E-state index in [9.17, 15) is 9.59 Å². The van der Waals surface area contributed by atoms with Crippen LogP contribution < -0.4 is 9.47 Å². The highest BCUT2D eigenvalue weighted by Gasteiger charge is 2.19. The van der Waals surface area contributed by atoms with Gasteiger partial charge in [-0.3, -0.25) is 4.79 Å². The molecule has 0 radical (unpaired) electrons. The van der Waals surface area contributed by atoms with Gasteiger partial charge in [0, 0.05) is 0 Å². The largest absolute Gasteiger partial charge is 0.497 e. The van der Waals surface area contributed by atoms with Gasteiger partial charge in [0.05, 0.1) is 29.9 Å². The molecule has 0 N–H and O–H groups in total. The number of hydrogen-bond donors (Lipinski definition) is 0. The summed E-state index contributed by atoms with van der Waals surface area (Å²) in [6, 6.07) is 12.3. The van der Waals surface area contributed by atoms with Crippen LogP contribution in [0.2, 0.25) is 0 Å². The fourth-order valence-electron chi connectivity index (χ4n) is 2.78. The number of thioether (sulfide) groups is 2. The summed E-state index contributed by atoms with van der Waals surface area (Å²) < 4.78 is 16.0. The summed E-state index contributed by atoms with van der Waals surface area (Å²) >= 11 is 3.86. The lowest BCUT2D eigenvalue weighted by atomic mass is 10.1. The second kappa shape index (κ2) is 9.89. The van der Waals surface area contributed by atoms with Gasteiger partial charge in [-0.25, -0.2) is 4.79 Å². The number of carbonyl (C=O) groups excluding carboxylic acids is 2. The maximum absolute atomic E-state index is 12.5. The zero-order valence-corrected chi connectivity index (χ0v) is 17.4. The number of benzene rings is 2. The second-order valence-electron chi connectivity index (χ2n) is 6.11. The Balaban J connectivity index is 1.61. The van der Waals surface area contributed by atoms with Gasteiger partial charge in [0.15, 0.2) is 6.61 Å². The van der Waals surface area contributed by atoms with Crippen LogP contribution in [0.4, 0.5) is 0 Å². The summed E-state index contributed by atoms with van der Waals surface area (Å²) in [6.45, 7) is -0.363. The molecule has 7 heteroatoms. The van der Waals surface area contributed by atoms with Crippen molar-refractivity contribution in [1.82, 2.24) is 0 Å². The van der Waals surface area contributed by atoms with Gasteiger partial charge in [-0.15, -0.1) is 23.5 Å². The molecule has 0 bridgehead atoms. The summed E-state index contributed by atoms with van der Waals surface area (Å²) in [4.78, 5) is 24.8. The van der Waals surface area contributed by atoms with Gasteiger partial charge < -0.3 is 14.2 Å². The Hall–Kier alpha value is -2.12. The molecule has 1 aliphatic rings.